The van der Waals surface area contributed by atoms with Crippen molar-refractivity contribution in [2.75, 3.05) is 25.5 Å². The van der Waals surface area contributed by atoms with Crippen LogP contribution in [0.3, 0.4) is 0 Å². The van der Waals surface area contributed by atoms with E-state index in [0.717, 1.165) is 32.1 Å². The topological polar surface area (TPSA) is 136 Å². The molecule has 0 atom stereocenters. The van der Waals surface area contributed by atoms with Gasteiger partial charge in [-0.25, -0.2) is 13.2 Å². The Bertz CT molecular complexity index is 1140. The molecule has 0 aliphatic carbocycles. The number of non-ortho nitro benzene ring substituents is 1. The van der Waals surface area contributed by atoms with E-state index in [0.29, 0.717) is 24.7 Å². The molecule has 0 unspecified atom stereocenters. The molecular weight excluding hydrogens is 438 g/mol. The Labute approximate surface area is 185 Å². The molecule has 0 bridgehead atoms. The molecule has 0 saturated carbocycles. The van der Waals surface area contributed by atoms with Gasteiger partial charge >= 0.3 is 5.97 Å². The minimum Gasteiger partial charge on any atom is -0.465 e. The van der Waals surface area contributed by atoms with Gasteiger partial charge in [-0.15, -0.1) is 0 Å². The molecule has 170 valence electrons. The number of piperidine rings is 1. The second-order valence-corrected chi connectivity index (χ2v) is 9.52. The molecule has 0 radical (unpaired) electrons. The van der Waals surface area contributed by atoms with Crippen LogP contribution in [0.15, 0.2) is 47.4 Å². The molecule has 1 saturated heterocycles. The Kier molecular flexibility index (Phi) is 6.90. The molecule has 2 aromatic rings. The number of hydrogen-bond donors (Lipinski definition) is 1. The molecule has 1 N–H and O–H groups in total. The summed E-state index contributed by atoms with van der Waals surface area (Å²) in [7, 11) is -2.50. The zero-order valence-corrected chi connectivity index (χ0v) is 18.4. The van der Waals surface area contributed by atoms with Crippen LogP contribution in [0.25, 0.3) is 0 Å². The van der Waals surface area contributed by atoms with Crippen molar-refractivity contribution in [2.24, 2.45) is 5.92 Å². The van der Waals surface area contributed by atoms with Crippen molar-refractivity contribution in [2.45, 2.75) is 24.7 Å². The fourth-order valence-corrected chi connectivity index (χ4v) is 4.84. The zero-order chi connectivity index (χ0) is 23.5. The van der Waals surface area contributed by atoms with Crippen molar-refractivity contribution in [3.63, 3.8) is 0 Å². The second-order valence-electron chi connectivity index (χ2n) is 7.58. The van der Waals surface area contributed by atoms with E-state index in [1.165, 1.54) is 34.6 Å². The van der Waals surface area contributed by atoms with Crippen molar-refractivity contribution in [3.05, 3.63) is 63.7 Å². The number of nitro benzene ring substituents is 1. The number of nitrogens with one attached hydrogen (secondary N) is 1. The first-order chi connectivity index (χ1) is 15.1. The first-order valence-electron chi connectivity index (χ1n) is 9.91. The number of sulfonamides is 1. The number of carbonyl (C=O) groups is 2. The van der Waals surface area contributed by atoms with Gasteiger partial charge in [-0.3, -0.25) is 14.9 Å². The Balaban J connectivity index is 1.78. The van der Waals surface area contributed by atoms with E-state index in [2.05, 4.69) is 17.0 Å². The average Bonchev–Trinajstić information content (AvgIpc) is 2.78. The van der Waals surface area contributed by atoms with Crippen molar-refractivity contribution in [3.8, 4) is 0 Å². The van der Waals surface area contributed by atoms with E-state index in [-0.39, 0.29) is 16.0 Å². The fraction of sp³-hybridized carbons (Fsp3) is 0.333. The molecule has 2 aromatic carbocycles. The van der Waals surface area contributed by atoms with Gasteiger partial charge in [0.05, 0.1) is 22.5 Å². The molecule has 1 aliphatic rings. The third kappa shape index (κ3) is 5.11. The Morgan fingerprint density at radius 2 is 1.69 bits per heavy atom. The second kappa shape index (κ2) is 9.45. The van der Waals surface area contributed by atoms with Crippen LogP contribution in [0.4, 0.5) is 11.4 Å². The van der Waals surface area contributed by atoms with Gasteiger partial charge < -0.3 is 10.1 Å². The van der Waals surface area contributed by atoms with Crippen LogP contribution in [-0.2, 0) is 14.8 Å². The minimum atomic E-state index is -3.62. The predicted octanol–water partition coefficient (Wildman–Crippen LogP) is 3.05. The number of esters is 1. The van der Waals surface area contributed by atoms with Crippen molar-refractivity contribution < 1.29 is 27.7 Å². The highest BCUT2D eigenvalue weighted by Gasteiger charge is 2.28. The average molecular weight is 461 g/mol. The molecule has 1 heterocycles. The van der Waals surface area contributed by atoms with Crippen LogP contribution < -0.4 is 5.32 Å². The maximum atomic E-state index is 12.8. The highest BCUT2D eigenvalue weighted by Crippen LogP contribution is 2.25. The maximum absolute atomic E-state index is 12.8. The van der Waals surface area contributed by atoms with Crippen LogP contribution in [0, 0.1) is 16.0 Å². The molecule has 10 nitrogen and oxygen atoms in total. The summed E-state index contributed by atoms with van der Waals surface area (Å²) in [4.78, 5) is 34.9. The number of hydrogen-bond acceptors (Lipinski definition) is 7. The smallest absolute Gasteiger partial charge is 0.338 e. The standard InChI is InChI=1S/C21H23N3O7S/c1-14-7-9-23(10-8-14)32(29,30)19-5-3-17(4-6-19)22-20(25)15-11-16(21(26)31-2)13-18(12-15)24(27)28/h3-6,11-14H,7-10H2,1-2H3,(H,22,25). The summed E-state index contributed by atoms with van der Waals surface area (Å²) in [5.41, 5.74) is -0.384. The lowest BCUT2D eigenvalue weighted by molar-refractivity contribution is -0.384. The predicted molar refractivity (Wildman–Crippen MR) is 116 cm³/mol. The van der Waals surface area contributed by atoms with E-state index in [1.807, 2.05) is 0 Å². The normalized spacial score (nSPS) is 15.2. The van der Waals surface area contributed by atoms with Gasteiger partial charge in [0.15, 0.2) is 0 Å². The summed E-state index contributed by atoms with van der Waals surface area (Å²) in [6.45, 7) is 3.03. The number of anilines is 1. The van der Waals surface area contributed by atoms with Gasteiger partial charge in [0, 0.05) is 36.5 Å². The maximum Gasteiger partial charge on any atom is 0.338 e. The molecule has 1 aliphatic heterocycles. The Hall–Kier alpha value is -3.31. The lowest BCUT2D eigenvalue weighted by atomic mass is 10.0. The molecule has 1 fully saturated rings. The lowest BCUT2D eigenvalue weighted by Gasteiger charge is -2.29. The molecule has 3 rings (SSSR count). The highest BCUT2D eigenvalue weighted by molar-refractivity contribution is 7.89. The summed E-state index contributed by atoms with van der Waals surface area (Å²) in [6.07, 6.45) is 1.62. The van der Waals surface area contributed by atoms with E-state index < -0.39 is 32.5 Å². The first-order valence-corrected chi connectivity index (χ1v) is 11.3. The quantitative estimate of drug-likeness (QED) is 0.397. The molecule has 1 amide bonds. The monoisotopic (exact) mass is 461 g/mol. The number of methoxy groups -OCH3 is 1. The van der Waals surface area contributed by atoms with Crippen molar-refractivity contribution >= 4 is 33.3 Å². The number of nitro groups is 1. The summed E-state index contributed by atoms with van der Waals surface area (Å²) in [5, 5.41) is 13.7. The van der Waals surface area contributed by atoms with E-state index in [1.54, 1.807) is 0 Å². The molecule has 0 aromatic heterocycles. The number of amides is 1. The summed E-state index contributed by atoms with van der Waals surface area (Å²) >= 11 is 0. The van der Waals surface area contributed by atoms with E-state index in [4.69, 9.17) is 0 Å². The zero-order valence-electron chi connectivity index (χ0n) is 17.6. The van der Waals surface area contributed by atoms with Crippen LogP contribution in [-0.4, -0.2) is 49.7 Å². The van der Waals surface area contributed by atoms with E-state index in [9.17, 15) is 28.1 Å². The minimum absolute atomic E-state index is 0.112. The lowest BCUT2D eigenvalue weighted by Crippen LogP contribution is -2.37. The highest BCUT2D eigenvalue weighted by atomic mass is 32.2. The number of nitrogens with zero attached hydrogens (tertiary/aromatic N) is 2. The fourth-order valence-electron chi connectivity index (χ4n) is 3.37. The summed E-state index contributed by atoms with van der Waals surface area (Å²) in [6, 6.07) is 8.92. The van der Waals surface area contributed by atoms with E-state index >= 15 is 0 Å². The van der Waals surface area contributed by atoms with Crippen LogP contribution in [0.2, 0.25) is 0 Å². The molecule has 32 heavy (non-hydrogen) atoms. The summed E-state index contributed by atoms with van der Waals surface area (Å²) < 4.78 is 31.6. The largest absolute Gasteiger partial charge is 0.465 e. The van der Waals surface area contributed by atoms with Crippen LogP contribution in [0.1, 0.15) is 40.5 Å². The summed E-state index contributed by atoms with van der Waals surface area (Å²) in [5.74, 6) is -1.02. The van der Waals surface area contributed by atoms with Gasteiger partial charge in [0.2, 0.25) is 10.0 Å². The SMILES string of the molecule is COC(=O)c1cc(C(=O)Nc2ccc(S(=O)(=O)N3CCC(C)CC3)cc2)cc([N+](=O)[O-])c1. The Morgan fingerprint density at radius 1 is 1.09 bits per heavy atom. The van der Waals surface area contributed by atoms with Gasteiger partial charge in [-0.2, -0.15) is 4.31 Å². The molecule has 0 spiro atoms. The van der Waals surface area contributed by atoms with Crippen molar-refractivity contribution in [1.29, 1.82) is 0 Å². The van der Waals surface area contributed by atoms with Gasteiger partial charge in [-0.1, -0.05) is 6.92 Å². The number of ether oxygens (including phenoxy) is 1. The number of carbonyl (C=O) groups excluding carboxylic acids is 2. The third-order valence-electron chi connectivity index (χ3n) is 5.30. The number of rotatable bonds is 6. The van der Waals surface area contributed by atoms with Crippen LogP contribution in [0.5, 0.6) is 0 Å². The first kappa shape index (κ1) is 23.4. The number of benzene rings is 2. The third-order valence-corrected chi connectivity index (χ3v) is 7.22. The van der Waals surface area contributed by atoms with Gasteiger partial charge in [0.1, 0.15) is 0 Å². The molecular formula is C21H23N3O7S. The van der Waals surface area contributed by atoms with Gasteiger partial charge in [-0.05, 0) is 49.1 Å². The van der Waals surface area contributed by atoms with Gasteiger partial charge in [0.25, 0.3) is 11.6 Å². The van der Waals surface area contributed by atoms with Crippen molar-refractivity contribution in [1.82, 2.24) is 4.31 Å². The Morgan fingerprint density at radius 3 is 2.25 bits per heavy atom. The van der Waals surface area contributed by atoms with Crippen LogP contribution >= 0.6 is 0 Å². The molecule has 11 heteroatoms.